The Morgan fingerprint density at radius 2 is 1.96 bits per heavy atom. The smallest absolute Gasteiger partial charge is 0.273 e. The second kappa shape index (κ2) is 6.58. The van der Waals surface area contributed by atoms with Crippen LogP contribution < -0.4 is 10.6 Å². The first kappa shape index (κ1) is 17.9. The zero-order valence-corrected chi connectivity index (χ0v) is 15.7. The topological polar surface area (TPSA) is 95.6 Å². The Hall–Kier alpha value is -2.51. The highest BCUT2D eigenvalue weighted by Crippen LogP contribution is 2.50. The maximum Gasteiger partial charge on any atom is 0.273 e. The SMILES string of the molecule is CN(C)C(=O)c1cncc(N2CCC3(CC2)c2ccccc2[C@@H](N)[C@@H]3O)n1. The zero-order chi connectivity index (χ0) is 19.2. The van der Waals surface area contributed by atoms with Gasteiger partial charge in [-0.2, -0.15) is 0 Å². The quantitative estimate of drug-likeness (QED) is 0.825. The first-order chi connectivity index (χ1) is 12.9. The summed E-state index contributed by atoms with van der Waals surface area (Å²) in [5.41, 5.74) is 8.55. The minimum Gasteiger partial charge on any atom is -0.390 e. The van der Waals surface area contributed by atoms with Crippen molar-refractivity contribution < 1.29 is 9.90 Å². The van der Waals surface area contributed by atoms with Crippen LogP contribution >= 0.6 is 0 Å². The number of piperidine rings is 1. The van der Waals surface area contributed by atoms with Crippen LogP contribution in [0.25, 0.3) is 0 Å². The highest BCUT2D eigenvalue weighted by molar-refractivity contribution is 5.91. The molecule has 7 heteroatoms. The highest BCUT2D eigenvalue weighted by Gasteiger charge is 2.51. The number of benzene rings is 1. The van der Waals surface area contributed by atoms with Crippen molar-refractivity contribution in [2.75, 3.05) is 32.1 Å². The number of hydrogen-bond donors (Lipinski definition) is 2. The Kier molecular flexibility index (Phi) is 4.36. The van der Waals surface area contributed by atoms with Gasteiger partial charge < -0.3 is 20.6 Å². The van der Waals surface area contributed by atoms with Crippen LogP contribution in [-0.4, -0.2) is 59.2 Å². The van der Waals surface area contributed by atoms with Gasteiger partial charge in [-0.15, -0.1) is 0 Å². The van der Waals surface area contributed by atoms with Crippen molar-refractivity contribution >= 4 is 11.7 Å². The van der Waals surface area contributed by atoms with E-state index in [0.29, 0.717) is 11.5 Å². The Morgan fingerprint density at radius 3 is 2.67 bits per heavy atom. The zero-order valence-electron chi connectivity index (χ0n) is 15.7. The van der Waals surface area contributed by atoms with Gasteiger partial charge in [-0.3, -0.25) is 9.78 Å². The van der Waals surface area contributed by atoms with E-state index in [-0.39, 0.29) is 17.4 Å². The predicted molar refractivity (Wildman–Crippen MR) is 103 cm³/mol. The Morgan fingerprint density at radius 1 is 1.26 bits per heavy atom. The molecule has 1 fully saturated rings. The lowest BCUT2D eigenvalue weighted by Crippen LogP contribution is -2.49. The molecule has 142 valence electrons. The van der Waals surface area contributed by atoms with Crippen molar-refractivity contribution in [2.45, 2.75) is 30.4 Å². The minimum atomic E-state index is -0.579. The molecule has 0 unspecified atom stereocenters. The maximum absolute atomic E-state index is 12.2. The van der Waals surface area contributed by atoms with Crippen molar-refractivity contribution in [3.8, 4) is 0 Å². The summed E-state index contributed by atoms with van der Waals surface area (Å²) in [6.07, 6.45) is 4.17. The van der Waals surface area contributed by atoms with E-state index >= 15 is 0 Å². The molecule has 1 aromatic carbocycles. The van der Waals surface area contributed by atoms with Crippen molar-refractivity contribution in [1.29, 1.82) is 0 Å². The van der Waals surface area contributed by atoms with Crippen LogP contribution in [0.1, 0.15) is 40.5 Å². The average molecular weight is 367 g/mol. The number of aromatic nitrogens is 2. The standard InChI is InChI=1S/C20H25N5O2/c1-24(2)19(27)15-11-22-12-16(23-15)25-9-7-20(8-10-25)14-6-4-3-5-13(14)17(21)18(20)26/h3-6,11-12,17-18,26H,7-10,21H2,1-2H3/t17-,18+/m1/s1. The highest BCUT2D eigenvalue weighted by atomic mass is 16.3. The summed E-state index contributed by atoms with van der Waals surface area (Å²) < 4.78 is 0. The van der Waals surface area contributed by atoms with Crippen molar-refractivity contribution in [3.05, 3.63) is 53.5 Å². The number of rotatable bonds is 2. The summed E-state index contributed by atoms with van der Waals surface area (Å²) in [7, 11) is 3.40. The molecule has 3 N–H and O–H groups in total. The normalized spacial score (nSPS) is 23.3. The van der Waals surface area contributed by atoms with Crippen molar-refractivity contribution in [2.24, 2.45) is 5.73 Å². The molecule has 1 spiro atoms. The van der Waals surface area contributed by atoms with Crippen LogP contribution in [0.3, 0.4) is 0 Å². The molecule has 2 aromatic rings. The van der Waals surface area contributed by atoms with Crippen molar-refractivity contribution in [1.82, 2.24) is 14.9 Å². The molecule has 7 nitrogen and oxygen atoms in total. The lowest BCUT2D eigenvalue weighted by Gasteiger charge is -2.43. The number of aliphatic hydroxyl groups is 1. The van der Waals surface area contributed by atoms with Gasteiger partial charge in [0.25, 0.3) is 5.91 Å². The van der Waals surface area contributed by atoms with Crippen LogP contribution in [0.4, 0.5) is 5.82 Å². The largest absolute Gasteiger partial charge is 0.390 e. The molecule has 2 heterocycles. The lowest BCUT2D eigenvalue weighted by molar-refractivity contribution is 0.0582. The third-order valence-electron chi connectivity index (χ3n) is 5.99. The second-order valence-electron chi connectivity index (χ2n) is 7.66. The van der Waals surface area contributed by atoms with Gasteiger partial charge in [0.2, 0.25) is 0 Å². The summed E-state index contributed by atoms with van der Waals surface area (Å²) in [5.74, 6) is 0.534. The number of anilines is 1. The average Bonchev–Trinajstić information content (AvgIpc) is 2.90. The Bertz CT molecular complexity index is 861. The van der Waals surface area contributed by atoms with Crippen molar-refractivity contribution in [3.63, 3.8) is 0 Å². The van der Waals surface area contributed by atoms with E-state index in [0.717, 1.165) is 31.5 Å². The molecule has 4 rings (SSSR count). The Labute approximate surface area is 158 Å². The number of aliphatic hydroxyl groups excluding tert-OH is 1. The predicted octanol–water partition coefficient (Wildman–Crippen LogP) is 1.09. The van der Waals surface area contributed by atoms with E-state index in [1.807, 2.05) is 18.2 Å². The number of amides is 1. The van der Waals surface area contributed by atoms with Gasteiger partial charge in [0.05, 0.1) is 24.5 Å². The molecular weight excluding hydrogens is 342 g/mol. The van der Waals surface area contributed by atoms with Gasteiger partial charge in [0, 0.05) is 32.6 Å². The van der Waals surface area contributed by atoms with E-state index in [4.69, 9.17) is 5.73 Å². The lowest BCUT2D eigenvalue weighted by atomic mass is 9.72. The van der Waals surface area contributed by atoms with Gasteiger partial charge in [0.1, 0.15) is 11.5 Å². The molecular formula is C20H25N5O2. The first-order valence-corrected chi connectivity index (χ1v) is 9.26. The first-order valence-electron chi connectivity index (χ1n) is 9.26. The van der Waals surface area contributed by atoms with E-state index in [9.17, 15) is 9.90 Å². The monoisotopic (exact) mass is 367 g/mol. The fourth-order valence-electron chi connectivity index (χ4n) is 4.45. The molecule has 1 saturated heterocycles. The second-order valence-corrected chi connectivity index (χ2v) is 7.66. The molecule has 0 radical (unpaired) electrons. The number of carbonyl (C=O) groups is 1. The molecule has 2 atom stereocenters. The molecule has 1 aromatic heterocycles. The van der Waals surface area contributed by atoms with Gasteiger partial charge in [0.15, 0.2) is 0 Å². The van der Waals surface area contributed by atoms with E-state index in [1.165, 1.54) is 16.7 Å². The third kappa shape index (κ3) is 2.78. The minimum absolute atomic E-state index is 0.163. The third-order valence-corrected chi connectivity index (χ3v) is 5.99. The summed E-state index contributed by atoms with van der Waals surface area (Å²) in [4.78, 5) is 24.5. The molecule has 1 aliphatic carbocycles. The van der Waals surface area contributed by atoms with Gasteiger partial charge >= 0.3 is 0 Å². The summed E-state index contributed by atoms with van der Waals surface area (Å²) in [6.45, 7) is 1.46. The molecule has 0 bridgehead atoms. The van der Waals surface area contributed by atoms with Crippen LogP contribution in [0.2, 0.25) is 0 Å². The fourth-order valence-corrected chi connectivity index (χ4v) is 4.45. The van der Waals surface area contributed by atoms with Crippen LogP contribution in [-0.2, 0) is 5.41 Å². The molecule has 27 heavy (non-hydrogen) atoms. The van der Waals surface area contributed by atoms with Crippen LogP contribution in [0.15, 0.2) is 36.7 Å². The van der Waals surface area contributed by atoms with E-state index < -0.39 is 6.10 Å². The van der Waals surface area contributed by atoms with Crippen LogP contribution in [0, 0.1) is 0 Å². The molecule has 1 amide bonds. The molecule has 1 aliphatic heterocycles. The summed E-state index contributed by atoms with van der Waals surface area (Å²) in [6, 6.07) is 7.76. The number of nitrogens with zero attached hydrogens (tertiary/aromatic N) is 4. The van der Waals surface area contributed by atoms with E-state index in [2.05, 4.69) is 20.9 Å². The Balaban J connectivity index is 1.57. The fraction of sp³-hybridized carbons (Fsp3) is 0.450. The summed E-state index contributed by atoms with van der Waals surface area (Å²) >= 11 is 0. The van der Waals surface area contributed by atoms with Gasteiger partial charge in [-0.25, -0.2) is 4.98 Å². The van der Waals surface area contributed by atoms with Gasteiger partial charge in [-0.1, -0.05) is 24.3 Å². The van der Waals surface area contributed by atoms with Gasteiger partial charge in [-0.05, 0) is 24.0 Å². The maximum atomic E-state index is 12.2. The number of nitrogens with two attached hydrogens (primary N) is 1. The number of fused-ring (bicyclic) bond motifs is 2. The van der Waals surface area contributed by atoms with Crippen LogP contribution in [0.5, 0.6) is 0 Å². The number of carbonyl (C=O) groups excluding carboxylic acids is 1. The molecule has 2 aliphatic rings. The summed E-state index contributed by atoms with van der Waals surface area (Å²) in [5, 5.41) is 10.9. The number of hydrogen-bond acceptors (Lipinski definition) is 6. The van der Waals surface area contributed by atoms with E-state index in [1.54, 1.807) is 20.3 Å². The molecule has 0 saturated carbocycles.